The van der Waals surface area contributed by atoms with Gasteiger partial charge < -0.3 is 14.6 Å². The highest BCUT2D eigenvalue weighted by atomic mass is 16.5. The molecule has 3 rings (SSSR count). The first-order valence-corrected chi connectivity index (χ1v) is 9.38. The molecule has 0 radical (unpaired) electrons. The van der Waals surface area contributed by atoms with Crippen molar-refractivity contribution in [3.05, 3.63) is 76.6 Å². The van der Waals surface area contributed by atoms with Gasteiger partial charge in [0.2, 0.25) is 0 Å². The summed E-state index contributed by atoms with van der Waals surface area (Å²) in [5.41, 5.74) is 1.71. The Bertz CT molecular complexity index is 1080. The number of aliphatic hydroxyl groups excluding tert-OH is 1. The van der Waals surface area contributed by atoms with E-state index < -0.39 is 11.9 Å². The molecule has 0 bridgehead atoms. The number of amidine groups is 1. The number of hydrogen-bond donors (Lipinski definition) is 1. The molecule has 0 aliphatic carbocycles. The second-order valence-corrected chi connectivity index (χ2v) is 6.89. The largest absolute Gasteiger partial charge is 0.512 e. The maximum absolute atomic E-state index is 12.6. The Kier molecular flexibility index (Phi) is 6.11. The van der Waals surface area contributed by atoms with Crippen LogP contribution < -0.4 is 4.74 Å². The molecule has 1 aliphatic heterocycles. The third kappa shape index (κ3) is 4.30. The van der Waals surface area contributed by atoms with Crippen molar-refractivity contribution in [3.63, 3.8) is 0 Å². The van der Waals surface area contributed by atoms with Crippen LogP contribution in [0.5, 0.6) is 5.75 Å². The Hall–Kier alpha value is -3.74. The molecule has 0 unspecified atom stereocenters. The minimum atomic E-state index is -0.693. The predicted molar refractivity (Wildman–Crippen MR) is 113 cm³/mol. The average Bonchev–Trinajstić information content (AvgIpc) is 3.05. The Balaban J connectivity index is 2.04. The summed E-state index contributed by atoms with van der Waals surface area (Å²) >= 11 is 0. The number of carbonyl (C=O) groups excluding carboxylic acids is 2. The van der Waals surface area contributed by atoms with Crippen LogP contribution in [0.3, 0.4) is 0 Å². The number of rotatable bonds is 5. The second kappa shape index (κ2) is 8.73. The molecule has 1 aliphatic rings. The van der Waals surface area contributed by atoms with Crippen molar-refractivity contribution in [3.8, 4) is 5.75 Å². The lowest BCUT2D eigenvalue weighted by Crippen LogP contribution is -2.21. The molecule has 1 heterocycles. The number of aliphatic hydroxyl groups is 1. The molecule has 2 aromatic rings. The van der Waals surface area contributed by atoms with Gasteiger partial charge in [-0.05, 0) is 45.0 Å². The van der Waals surface area contributed by atoms with Gasteiger partial charge in [0, 0.05) is 16.7 Å². The van der Waals surface area contributed by atoms with Crippen LogP contribution in [0.1, 0.15) is 42.3 Å². The number of amides is 1. The van der Waals surface area contributed by atoms with Crippen LogP contribution in [0.15, 0.2) is 69.8 Å². The summed E-state index contributed by atoms with van der Waals surface area (Å²) in [5.74, 6) is -0.609. The zero-order valence-corrected chi connectivity index (χ0v) is 17.2. The van der Waals surface area contributed by atoms with Gasteiger partial charge in [-0.15, -0.1) is 0 Å². The Labute approximate surface area is 174 Å². The monoisotopic (exact) mass is 406 g/mol. The second-order valence-electron chi connectivity index (χ2n) is 6.89. The first kappa shape index (κ1) is 21.0. The smallest absolute Gasteiger partial charge is 0.344 e. The van der Waals surface area contributed by atoms with Crippen LogP contribution in [-0.4, -0.2) is 41.7 Å². The van der Waals surface area contributed by atoms with Gasteiger partial charge in [0.25, 0.3) is 5.91 Å². The van der Waals surface area contributed by atoms with E-state index in [1.165, 1.54) is 6.92 Å². The molecule has 1 N–H and O–H groups in total. The summed E-state index contributed by atoms with van der Waals surface area (Å²) in [6.45, 7) is 4.82. The molecule has 0 aromatic heterocycles. The fourth-order valence-electron chi connectivity index (χ4n) is 2.97. The zero-order valence-electron chi connectivity index (χ0n) is 17.2. The fraction of sp³-hybridized carbons (Fsp3) is 0.217. The maximum Gasteiger partial charge on any atom is 0.344 e. The molecule has 7 nitrogen and oxygen atoms in total. The van der Waals surface area contributed by atoms with Gasteiger partial charge in [-0.2, -0.15) is 4.99 Å². The number of hydrogen-bond acceptors (Lipinski definition) is 5. The van der Waals surface area contributed by atoms with E-state index in [-0.39, 0.29) is 29.0 Å². The standard InChI is InChI=1S/C23H22N2O5/c1-13(2)30-23(28)19(14(3)26)20-17-7-5-6-8-18(17)21(24-20)25-22(27)15-9-11-16(29-4)12-10-15/h5-13,26H,1-4H3/b19-14-,25-21?. The first-order chi connectivity index (χ1) is 14.3. The van der Waals surface area contributed by atoms with E-state index >= 15 is 0 Å². The van der Waals surface area contributed by atoms with Gasteiger partial charge in [-0.1, -0.05) is 24.3 Å². The fourth-order valence-corrected chi connectivity index (χ4v) is 2.97. The lowest BCUT2D eigenvalue weighted by molar-refractivity contribution is -0.142. The molecule has 7 heteroatoms. The number of aliphatic imine (C=N–C) groups is 2. The first-order valence-electron chi connectivity index (χ1n) is 9.38. The van der Waals surface area contributed by atoms with E-state index in [9.17, 15) is 14.7 Å². The van der Waals surface area contributed by atoms with Crippen LogP contribution in [0, 0.1) is 0 Å². The maximum atomic E-state index is 12.6. The van der Waals surface area contributed by atoms with E-state index in [0.29, 0.717) is 22.4 Å². The van der Waals surface area contributed by atoms with Crippen LogP contribution in [-0.2, 0) is 9.53 Å². The topological polar surface area (TPSA) is 97.6 Å². The molecule has 0 saturated heterocycles. The number of carbonyl (C=O) groups is 2. The number of esters is 1. The van der Waals surface area contributed by atoms with Crippen LogP contribution in [0.4, 0.5) is 0 Å². The van der Waals surface area contributed by atoms with E-state index in [1.807, 2.05) is 0 Å². The lowest BCUT2D eigenvalue weighted by Gasteiger charge is -2.12. The molecular formula is C23H22N2O5. The Morgan fingerprint density at radius 2 is 1.67 bits per heavy atom. The van der Waals surface area contributed by atoms with Gasteiger partial charge in [-0.3, -0.25) is 4.79 Å². The normalized spacial score (nSPS) is 14.8. The highest BCUT2D eigenvalue weighted by molar-refractivity contribution is 6.36. The number of allylic oxidation sites excluding steroid dienone is 1. The van der Waals surface area contributed by atoms with Gasteiger partial charge in [0.1, 0.15) is 17.1 Å². The Morgan fingerprint density at radius 3 is 2.23 bits per heavy atom. The van der Waals surface area contributed by atoms with Gasteiger partial charge in [0.15, 0.2) is 5.84 Å². The van der Waals surface area contributed by atoms with Crippen molar-refractivity contribution in [2.45, 2.75) is 26.9 Å². The predicted octanol–water partition coefficient (Wildman–Crippen LogP) is 3.87. The van der Waals surface area contributed by atoms with Crippen molar-refractivity contribution in [1.29, 1.82) is 0 Å². The molecule has 30 heavy (non-hydrogen) atoms. The van der Waals surface area contributed by atoms with Crippen LogP contribution in [0.2, 0.25) is 0 Å². The van der Waals surface area contributed by atoms with Crippen molar-refractivity contribution < 1.29 is 24.2 Å². The lowest BCUT2D eigenvalue weighted by atomic mass is 9.99. The van der Waals surface area contributed by atoms with Crippen LogP contribution >= 0.6 is 0 Å². The van der Waals surface area contributed by atoms with Crippen molar-refractivity contribution in [2.24, 2.45) is 9.98 Å². The van der Waals surface area contributed by atoms with E-state index in [4.69, 9.17) is 9.47 Å². The molecule has 154 valence electrons. The van der Waals surface area contributed by atoms with E-state index in [0.717, 1.165) is 0 Å². The molecule has 2 aromatic carbocycles. The Morgan fingerprint density at radius 1 is 1.03 bits per heavy atom. The van der Waals surface area contributed by atoms with E-state index in [1.54, 1.807) is 69.5 Å². The number of fused-ring (bicyclic) bond motifs is 1. The summed E-state index contributed by atoms with van der Waals surface area (Å²) in [4.78, 5) is 33.8. The van der Waals surface area contributed by atoms with Crippen molar-refractivity contribution in [2.75, 3.05) is 7.11 Å². The number of ether oxygens (including phenoxy) is 2. The molecule has 0 saturated carbocycles. The van der Waals surface area contributed by atoms with Crippen molar-refractivity contribution in [1.82, 2.24) is 0 Å². The highest BCUT2D eigenvalue weighted by Gasteiger charge is 2.31. The summed E-state index contributed by atoms with van der Waals surface area (Å²) < 4.78 is 10.4. The molecule has 1 amide bonds. The summed E-state index contributed by atoms with van der Waals surface area (Å²) in [7, 11) is 1.54. The third-order valence-electron chi connectivity index (χ3n) is 4.33. The quantitative estimate of drug-likeness (QED) is 0.462. The SMILES string of the molecule is COc1ccc(C(=O)N=C2N=C(/C(C(=O)OC(C)C)=C(\C)O)c3ccccc32)cc1. The van der Waals surface area contributed by atoms with Gasteiger partial charge in [-0.25, -0.2) is 9.79 Å². The third-order valence-corrected chi connectivity index (χ3v) is 4.33. The summed E-state index contributed by atoms with van der Waals surface area (Å²) in [5, 5.41) is 10.2. The number of benzene rings is 2. The van der Waals surface area contributed by atoms with Gasteiger partial charge in [0.05, 0.1) is 18.9 Å². The van der Waals surface area contributed by atoms with Crippen LogP contribution in [0.25, 0.3) is 0 Å². The average molecular weight is 406 g/mol. The number of methoxy groups -OCH3 is 1. The summed E-state index contributed by atoms with van der Waals surface area (Å²) in [6.07, 6.45) is -0.367. The molecule has 0 atom stereocenters. The molecule has 0 fully saturated rings. The minimum absolute atomic E-state index is 0.0572. The minimum Gasteiger partial charge on any atom is -0.512 e. The highest BCUT2D eigenvalue weighted by Crippen LogP contribution is 2.26. The zero-order chi connectivity index (χ0) is 21.8. The summed E-state index contributed by atoms with van der Waals surface area (Å²) in [6, 6.07) is 13.6. The van der Waals surface area contributed by atoms with E-state index in [2.05, 4.69) is 9.98 Å². The van der Waals surface area contributed by atoms with Gasteiger partial charge >= 0.3 is 5.97 Å². The van der Waals surface area contributed by atoms with Crippen molar-refractivity contribution >= 4 is 23.4 Å². The number of nitrogens with zero attached hydrogens (tertiary/aromatic N) is 2. The molecular weight excluding hydrogens is 384 g/mol. The molecule has 0 spiro atoms.